The molecule has 0 unspecified atom stereocenters. The Balaban J connectivity index is 0.000000161. The minimum Gasteiger partial charge on any atom is -0.0712 e. The summed E-state index contributed by atoms with van der Waals surface area (Å²) in [6, 6.07) is 31.0. The van der Waals surface area contributed by atoms with Crippen LogP contribution >= 0.6 is 31.9 Å². The first-order valence-corrected chi connectivity index (χ1v) is 8.54. The number of halogens is 2. The maximum atomic E-state index is 3.40. The molecule has 0 saturated carbocycles. The van der Waals surface area contributed by atoms with Crippen molar-refractivity contribution >= 4 is 31.9 Å². The highest BCUT2D eigenvalue weighted by molar-refractivity contribution is 9.24. The molecule has 3 aromatic carbocycles. The minimum absolute atomic E-state index is 0.284. The second-order valence-corrected chi connectivity index (χ2v) is 7.50. The lowest BCUT2D eigenvalue weighted by Gasteiger charge is -1.98. The Labute approximate surface area is 143 Å². The molecule has 0 fully saturated rings. The lowest BCUT2D eigenvalue weighted by molar-refractivity contribution is 1.43. The standard InChI is InChI=1S/C12H10.C7H6Br2/c1-3-7-11(8-4-1)12-9-5-2-6-10-12;8-7(9)6-4-2-1-3-5-6/h1-10H;1-5,7H. The zero-order valence-corrected chi connectivity index (χ0v) is 14.7. The molecule has 0 spiro atoms. The van der Waals surface area contributed by atoms with Gasteiger partial charge >= 0.3 is 0 Å². The van der Waals surface area contributed by atoms with Gasteiger partial charge in [0, 0.05) is 0 Å². The summed E-state index contributed by atoms with van der Waals surface area (Å²) >= 11 is 6.80. The van der Waals surface area contributed by atoms with Crippen molar-refractivity contribution < 1.29 is 0 Å². The van der Waals surface area contributed by atoms with Crippen LogP contribution in [0.25, 0.3) is 11.1 Å². The summed E-state index contributed by atoms with van der Waals surface area (Å²) in [6.45, 7) is 0. The lowest BCUT2D eigenvalue weighted by atomic mass is 10.1. The number of benzene rings is 3. The average molecular weight is 404 g/mol. The van der Waals surface area contributed by atoms with Crippen molar-refractivity contribution in [2.75, 3.05) is 0 Å². The molecule has 0 saturated heterocycles. The van der Waals surface area contributed by atoms with E-state index < -0.39 is 0 Å². The molecule has 0 bridgehead atoms. The monoisotopic (exact) mass is 402 g/mol. The van der Waals surface area contributed by atoms with Gasteiger partial charge in [-0.3, -0.25) is 0 Å². The zero-order valence-electron chi connectivity index (χ0n) is 11.5. The normalized spacial score (nSPS) is 9.86. The smallest absolute Gasteiger partial charge is 0.0712 e. The van der Waals surface area contributed by atoms with Crippen molar-refractivity contribution in [1.82, 2.24) is 0 Å². The van der Waals surface area contributed by atoms with E-state index in [9.17, 15) is 0 Å². The van der Waals surface area contributed by atoms with Crippen molar-refractivity contribution in [2.45, 2.75) is 3.74 Å². The number of rotatable bonds is 2. The van der Waals surface area contributed by atoms with E-state index in [-0.39, 0.29) is 3.74 Å². The average Bonchev–Trinajstić information content (AvgIpc) is 2.58. The molecular formula is C19H16Br2. The van der Waals surface area contributed by atoms with Crippen LogP contribution in [-0.4, -0.2) is 0 Å². The van der Waals surface area contributed by atoms with E-state index in [1.165, 1.54) is 16.7 Å². The van der Waals surface area contributed by atoms with Gasteiger partial charge in [-0.25, -0.2) is 0 Å². The van der Waals surface area contributed by atoms with Crippen LogP contribution in [0.1, 0.15) is 9.30 Å². The Bertz CT molecular complexity index is 582. The molecule has 106 valence electrons. The molecule has 0 heterocycles. The summed E-state index contributed by atoms with van der Waals surface area (Å²) < 4.78 is 0.284. The number of alkyl halides is 2. The molecule has 0 aliphatic carbocycles. The van der Waals surface area contributed by atoms with Crippen molar-refractivity contribution in [2.24, 2.45) is 0 Å². The topological polar surface area (TPSA) is 0 Å². The predicted molar refractivity (Wildman–Crippen MR) is 98.9 cm³/mol. The van der Waals surface area contributed by atoms with Gasteiger partial charge in [-0.05, 0) is 16.7 Å². The highest BCUT2D eigenvalue weighted by Crippen LogP contribution is 2.28. The Morgan fingerprint density at radius 3 is 1.10 bits per heavy atom. The second-order valence-electron chi connectivity index (χ2n) is 4.44. The third kappa shape index (κ3) is 5.49. The van der Waals surface area contributed by atoms with Gasteiger partial charge in [0.1, 0.15) is 0 Å². The van der Waals surface area contributed by atoms with E-state index in [0.29, 0.717) is 0 Å². The molecule has 0 aliphatic heterocycles. The lowest BCUT2D eigenvalue weighted by Crippen LogP contribution is -1.75. The summed E-state index contributed by atoms with van der Waals surface area (Å²) in [5.41, 5.74) is 3.80. The third-order valence-corrected chi connectivity index (χ3v) is 3.99. The largest absolute Gasteiger partial charge is 0.0946 e. The molecule has 3 aromatic rings. The van der Waals surface area contributed by atoms with Crippen LogP contribution in [0.5, 0.6) is 0 Å². The van der Waals surface area contributed by atoms with Crippen molar-refractivity contribution in [3.8, 4) is 11.1 Å². The fourth-order valence-electron chi connectivity index (χ4n) is 1.86. The molecule has 0 aromatic heterocycles. The van der Waals surface area contributed by atoms with Gasteiger partial charge in [-0.2, -0.15) is 0 Å². The highest BCUT2D eigenvalue weighted by atomic mass is 79.9. The summed E-state index contributed by atoms with van der Waals surface area (Å²) in [4.78, 5) is 0. The quantitative estimate of drug-likeness (QED) is 0.411. The van der Waals surface area contributed by atoms with Gasteiger partial charge in [0.05, 0.1) is 3.74 Å². The molecule has 0 nitrogen and oxygen atoms in total. The fourth-order valence-corrected chi connectivity index (χ4v) is 2.47. The maximum Gasteiger partial charge on any atom is 0.0946 e. The van der Waals surface area contributed by atoms with Crippen LogP contribution in [0, 0.1) is 0 Å². The molecule has 21 heavy (non-hydrogen) atoms. The Morgan fingerprint density at radius 1 is 0.476 bits per heavy atom. The predicted octanol–water partition coefficient (Wildman–Crippen LogP) is 6.83. The van der Waals surface area contributed by atoms with Crippen molar-refractivity contribution in [3.05, 3.63) is 96.6 Å². The molecular weight excluding hydrogens is 388 g/mol. The van der Waals surface area contributed by atoms with E-state index in [1.807, 2.05) is 30.3 Å². The Morgan fingerprint density at radius 2 is 0.810 bits per heavy atom. The van der Waals surface area contributed by atoms with E-state index >= 15 is 0 Å². The molecule has 0 N–H and O–H groups in total. The Kier molecular flexibility index (Phi) is 6.71. The van der Waals surface area contributed by atoms with Gasteiger partial charge in [0.15, 0.2) is 0 Å². The first kappa shape index (κ1) is 16.0. The minimum atomic E-state index is 0.284. The van der Waals surface area contributed by atoms with Crippen LogP contribution < -0.4 is 0 Å². The van der Waals surface area contributed by atoms with Crippen LogP contribution in [0.2, 0.25) is 0 Å². The molecule has 0 atom stereocenters. The number of hydrogen-bond acceptors (Lipinski definition) is 0. The van der Waals surface area contributed by atoms with Gasteiger partial charge in [-0.15, -0.1) is 0 Å². The molecule has 2 heteroatoms. The van der Waals surface area contributed by atoms with Crippen LogP contribution in [-0.2, 0) is 0 Å². The van der Waals surface area contributed by atoms with E-state index in [4.69, 9.17) is 0 Å². The maximum absolute atomic E-state index is 3.40. The van der Waals surface area contributed by atoms with Gasteiger partial charge < -0.3 is 0 Å². The van der Waals surface area contributed by atoms with Crippen LogP contribution in [0.4, 0.5) is 0 Å². The van der Waals surface area contributed by atoms with Gasteiger partial charge in [0.25, 0.3) is 0 Å². The summed E-state index contributed by atoms with van der Waals surface area (Å²) in [6.07, 6.45) is 0. The van der Waals surface area contributed by atoms with Crippen LogP contribution in [0.15, 0.2) is 91.0 Å². The van der Waals surface area contributed by atoms with E-state index in [1.54, 1.807) is 0 Å². The highest BCUT2D eigenvalue weighted by Gasteiger charge is 1.97. The van der Waals surface area contributed by atoms with E-state index in [0.717, 1.165) is 0 Å². The molecule has 0 aliphatic rings. The Hall–Kier alpha value is -1.38. The van der Waals surface area contributed by atoms with E-state index in [2.05, 4.69) is 92.5 Å². The molecule has 0 radical (unpaired) electrons. The molecule has 0 amide bonds. The first-order chi connectivity index (χ1) is 10.3. The van der Waals surface area contributed by atoms with Gasteiger partial charge in [0.2, 0.25) is 0 Å². The third-order valence-electron chi connectivity index (χ3n) is 2.93. The van der Waals surface area contributed by atoms with Crippen molar-refractivity contribution in [1.29, 1.82) is 0 Å². The zero-order chi connectivity index (χ0) is 14.9. The summed E-state index contributed by atoms with van der Waals surface area (Å²) in [7, 11) is 0. The molecule has 3 rings (SSSR count). The fraction of sp³-hybridized carbons (Fsp3) is 0.0526. The van der Waals surface area contributed by atoms with Gasteiger partial charge in [-0.1, -0.05) is 123 Å². The summed E-state index contributed by atoms with van der Waals surface area (Å²) in [5.74, 6) is 0. The van der Waals surface area contributed by atoms with Crippen LogP contribution in [0.3, 0.4) is 0 Å². The number of hydrogen-bond donors (Lipinski definition) is 0. The first-order valence-electron chi connectivity index (χ1n) is 6.71. The summed E-state index contributed by atoms with van der Waals surface area (Å²) in [5, 5.41) is 0. The second kappa shape index (κ2) is 8.81. The van der Waals surface area contributed by atoms with Crippen molar-refractivity contribution in [3.63, 3.8) is 0 Å². The SMILES string of the molecule is BrC(Br)c1ccccc1.c1ccc(-c2ccccc2)cc1.